The lowest BCUT2D eigenvalue weighted by Crippen LogP contribution is -2.54. The van der Waals surface area contributed by atoms with Gasteiger partial charge in [0, 0.05) is 31.7 Å². The minimum Gasteiger partial charge on any atom is -0.481 e. The van der Waals surface area contributed by atoms with E-state index in [1.54, 1.807) is 22.0 Å². The molecule has 2 N–H and O–H groups in total. The molecule has 2 rings (SSSR count). The molecule has 0 aromatic carbocycles. The number of carboxylic acid groups (broad SMARTS) is 1. The molecule has 2 amide bonds. The summed E-state index contributed by atoms with van der Waals surface area (Å²) in [6.45, 7) is 2.07. The second-order valence-electron chi connectivity index (χ2n) is 4.27. The van der Waals surface area contributed by atoms with Crippen molar-refractivity contribution in [2.45, 2.75) is 13.0 Å². The molecule has 1 aromatic heterocycles. The molecule has 0 atom stereocenters. The number of carboxylic acids is 1. The van der Waals surface area contributed by atoms with E-state index >= 15 is 0 Å². The summed E-state index contributed by atoms with van der Waals surface area (Å²) >= 11 is 0. The molecule has 1 aliphatic rings. The van der Waals surface area contributed by atoms with Gasteiger partial charge in [-0.15, -0.1) is 5.10 Å². The average Bonchev–Trinajstić information content (AvgIpc) is 2.75. The summed E-state index contributed by atoms with van der Waals surface area (Å²) in [7, 11) is 0. The van der Waals surface area contributed by atoms with Crippen molar-refractivity contribution < 1.29 is 14.7 Å². The first-order valence-electron chi connectivity index (χ1n) is 5.74. The highest BCUT2D eigenvalue weighted by Crippen LogP contribution is 2.18. The largest absolute Gasteiger partial charge is 0.481 e. The molecular formula is C10H15N5O3. The molecule has 0 radical (unpaired) electrons. The van der Waals surface area contributed by atoms with E-state index in [4.69, 9.17) is 5.11 Å². The van der Waals surface area contributed by atoms with Crippen molar-refractivity contribution in [1.29, 1.82) is 0 Å². The van der Waals surface area contributed by atoms with E-state index in [0.717, 1.165) is 0 Å². The fourth-order valence-electron chi connectivity index (χ4n) is 1.85. The molecule has 0 bridgehead atoms. The Hall–Kier alpha value is -2.12. The number of hydrogen-bond acceptors (Lipinski definition) is 4. The van der Waals surface area contributed by atoms with Crippen LogP contribution < -0.4 is 5.32 Å². The summed E-state index contributed by atoms with van der Waals surface area (Å²) in [6, 6.07) is -0.156. The Kier molecular flexibility index (Phi) is 3.75. The zero-order chi connectivity index (χ0) is 13.0. The van der Waals surface area contributed by atoms with Gasteiger partial charge in [0.05, 0.1) is 19.2 Å². The fourth-order valence-corrected chi connectivity index (χ4v) is 1.85. The van der Waals surface area contributed by atoms with E-state index in [1.165, 1.54) is 0 Å². The van der Waals surface area contributed by atoms with Crippen molar-refractivity contribution in [3.63, 3.8) is 0 Å². The van der Waals surface area contributed by atoms with Gasteiger partial charge in [-0.05, 0) is 0 Å². The number of aromatic nitrogens is 3. The Balaban J connectivity index is 1.60. The molecule has 8 nitrogen and oxygen atoms in total. The van der Waals surface area contributed by atoms with E-state index in [-0.39, 0.29) is 18.4 Å². The van der Waals surface area contributed by atoms with Crippen LogP contribution in [-0.4, -0.2) is 56.6 Å². The van der Waals surface area contributed by atoms with Gasteiger partial charge in [-0.3, -0.25) is 9.48 Å². The molecule has 1 aromatic rings. The van der Waals surface area contributed by atoms with E-state index in [1.807, 2.05) is 0 Å². The normalized spacial score (nSPS) is 15.2. The van der Waals surface area contributed by atoms with Crippen LogP contribution in [0, 0.1) is 5.92 Å². The van der Waals surface area contributed by atoms with Crippen LogP contribution in [0.25, 0.3) is 0 Å². The highest BCUT2D eigenvalue weighted by Gasteiger charge is 2.31. The summed E-state index contributed by atoms with van der Waals surface area (Å²) < 4.78 is 1.63. The Bertz CT molecular complexity index is 413. The lowest BCUT2D eigenvalue weighted by molar-refractivity contribution is -0.139. The summed E-state index contributed by atoms with van der Waals surface area (Å²) in [4.78, 5) is 23.7. The maximum Gasteiger partial charge on any atom is 0.317 e. The Morgan fingerprint density at radius 3 is 2.83 bits per heavy atom. The zero-order valence-corrected chi connectivity index (χ0v) is 9.82. The monoisotopic (exact) mass is 253 g/mol. The predicted molar refractivity (Wildman–Crippen MR) is 60.7 cm³/mol. The molecule has 1 aliphatic heterocycles. The molecule has 8 heteroatoms. The first kappa shape index (κ1) is 12.3. The summed E-state index contributed by atoms with van der Waals surface area (Å²) in [5.41, 5.74) is 0. The molecule has 0 aliphatic carbocycles. The lowest BCUT2D eigenvalue weighted by Gasteiger charge is -2.38. The number of aliphatic carboxylic acids is 1. The van der Waals surface area contributed by atoms with E-state index in [0.29, 0.717) is 26.2 Å². The molecule has 98 valence electrons. The van der Waals surface area contributed by atoms with Crippen LogP contribution in [-0.2, 0) is 11.3 Å². The van der Waals surface area contributed by atoms with Gasteiger partial charge in [0.15, 0.2) is 0 Å². The van der Waals surface area contributed by atoms with Crippen LogP contribution in [0.4, 0.5) is 4.79 Å². The molecule has 1 saturated heterocycles. The van der Waals surface area contributed by atoms with Gasteiger partial charge in [-0.2, -0.15) is 0 Å². The van der Waals surface area contributed by atoms with Crippen molar-refractivity contribution in [2.24, 2.45) is 5.92 Å². The van der Waals surface area contributed by atoms with Crippen molar-refractivity contribution >= 4 is 12.0 Å². The second-order valence-corrected chi connectivity index (χ2v) is 4.27. The van der Waals surface area contributed by atoms with E-state index in [2.05, 4.69) is 15.6 Å². The first-order valence-corrected chi connectivity index (χ1v) is 5.74. The van der Waals surface area contributed by atoms with Gasteiger partial charge in [0.1, 0.15) is 0 Å². The second kappa shape index (κ2) is 5.48. The summed E-state index contributed by atoms with van der Waals surface area (Å²) in [5.74, 6) is -0.727. The third-order valence-electron chi connectivity index (χ3n) is 2.80. The van der Waals surface area contributed by atoms with Crippen LogP contribution in [0.5, 0.6) is 0 Å². The van der Waals surface area contributed by atoms with Gasteiger partial charge in [0.2, 0.25) is 0 Å². The van der Waals surface area contributed by atoms with Crippen LogP contribution >= 0.6 is 0 Å². The Morgan fingerprint density at radius 2 is 2.22 bits per heavy atom. The number of rotatable bonds is 5. The maximum atomic E-state index is 11.6. The fraction of sp³-hybridized carbons (Fsp3) is 0.600. The average molecular weight is 253 g/mol. The van der Waals surface area contributed by atoms with E-state index in [9.17, 15) is 9.59 Å². The Labute approximate surface area is 104 Å². The van der Waals surface area contributed by atoms with Crippen LogP contribution in [0.2, 0.25) is 0 Å². The highest BCUT2D eigenvalue weighted by molar-refractivity contribution is 5.75. The minimum absolute atomic E-state index is 0.0866. The Morgan fingerprint density at radius 1 is 1.44 bits per heavy atom. The number of amides is 2. The molecule has 0 unspecified atom stereocenters. The summed E-state index contributed by atoms with van der Waals surface area (Å²) in [5, 5.41) is 18.8. The van der Waals surface area contributed by atoms with Crippen LogP contribution in [0.3, 0.4) is 0 Å². The number of carbonyl (C=O) groups excluding carboxylic acids is 1. The number of hydrogen-bond donors (Lipinski definition) is 2. The summed E-state index contributed by atoms with van der Waals surface area (Å²) in [6.07, 6.45) is 3.43. The number of likely N-dealkylation sites (tertiary alicyclic amines) is 1. The number of nitrogens with one attached hydrogen (secondary N) is 1. The van der Waals surface area contributed by atoms with Gasteiger partial charge in [-0.25, -0.2) is 4.79 Å². The lowest BCUT2D eigenvalue weighted by atomic mass is 9.97. The SMILES string of the molecule is O=C(O)CC1CN(C(=O)NCCn2ccnn2)C1. The van der Waals surface area contributed by atoms with Gasteiger partial charge in [0.25, 0.3) is 0 Å². The molecular weight excluding hydrogens is 238 g/mol. The predicted octanol–water partition coefficient (Wildman–Crippen LogP) is -0.606. The van der Waals surface area contributed by atoms with Crippen molar-refractivity contribution in [3.05, 3.63) is 12.4 Å². The standard InChI is InChI=1S/C10H15N5O3/c16-9(17)5-8-6-14(7-8)10(18)11-1-3-15-4-2-12-13-15/h2,4,8H,1,3,5-7H2,(H,11,18)(H,16,17). The molecule has 0 saturated carbocycles. The molecule has 1 fully saturated rings. The zero-order valence-electron chi connectivity index (χ0n) is 9.82. The van der Waals surface area contributed by atoms with Crippen molar-refractivity contribution in [2.75, 3.05) is 19.6 Å². The van der Waals surface area contributed by atoms with Crippen molar-refractivity contribution in [1.82, 2.24) is 25.2 Å². The number of nitrogens with zero attached hydrogens (tertiary/aromatic N) is 4. The quantitative estimate of drug-likeness (QED) is 0.729. The number of urea groups is 1. The number of carbonyl (C=O) groups is 2. The van der Waals surface area contributed by atoms with Gasteiger partial charge < -0.3 is 15.3 Å². The van der Waals surface area contributed by atoms with Crippen LogP contribution in [0.1, 0.15) is 6.42 Å². The smallest absolute Gasteiger partial charge is 0.317 e. The maximum absolute atomic E-state index is 11.6. The first-order chi connectivity index (χ1) is 8.65. The van der Waals surface area contributed by atoms with Gasteiger partial charge >= 0.3 is 12.0 Å². The topological polar surface area (TPSA) is 100 Å². The third kappa shape index (κ3) is 3.19. The van der Waals surface area contributed by atoms with Crippen LogP contribution in [0.15, 0.2) is 12.4 Å². The third-order valence-corrected chi connectivity index (χ3v) is 2.80. The molecule has 2 heterocycles. The highest BCUT2D eigenvalue weighted by atomic mass is 16.4. The molecule has 18 heavy (non-hydrogen) atoms. The van der Waals surface area contributed by atoms with Gasteiger partial charge in [-0.1, -0.05) is 5.21 Å². The van der Waals surface area contributed by atoms with Crippen molar-refractivity contribution in [3.8, 4) is 0 Å². The minimum atomic E-state index is -0.814. The van der Waals surface area contributed by atoms with E-state index < -0.39 is 5.97 Å². The molecule has 0 spiro atoms.